The van der Waals surface area contributed by atoms with Crippen molar-refractivity contribution >= 4 is 21.9 Å². The van der Waals surface area contributed by atoms with Crippen LogP contribution in [0.3, 0.4) is 0 Å². The third kappa shape index (κ3) is 4.53. The minimum absolute atomic E-state index is 0.0881. The van der Waals surface area contributed by atoms with Gasteiger partial charge in [-0.3, -0.25) is 4.79 Å². The number of nitrogens with zero attached hydrogens (tertiary/aromatic N) is 1. The minimum atomic E-state index is -3.99. The van der Waals surface area contributed by atoms with Gasteiger partial charge in [-0.05, 0) is 51.3 Å². The zero-order valence-electron chi connectivity index (χ0n) is 15.1. The van der Waals surface area contributed by atoms with E-state index < -0.39 is 22.6 Å². The molecule has 0 saturated carbocycles. The number of carbonyl (C=O) groups is 2. The third-order valence-electron chi connectivity index (χ3n) is 4.53. The molecule has 2 rings (SSSR count). The van der Waals surface area contributed by atoms with Crippen LogP contribution in [-0.2, 0) is 19.6 Å². The maximum absolute atomic E-state index is 12.4. The van der Waals surface area contributed by atoms with E-state index >= 15 is 0 Å². The molecule has 26 heavy (non-hydrogen) atoms. The van der Waals surface area contributed by atoms with Crippen LogP contribution in [0.15, 0.2) is 23.1 Å². The summed E-state index contributed by atoms with van der Waals surface area (Å²) in [7, 11) is -2.65. The van der Waals surface area contributed by atoms with Crippen LogP contribution in [0.2, 0.25) is 0 Å². The van der Waals surface area contributed by atoms with E-state index in [-0.39, 0.29) is 34.2 Å². The number of ether oxygens (including phenoxy) is 2. The summed E-state index contributed by atoms with van der Waals surface area (Å²) < 4.78 is 33.1. The Morgan fingerprint density at radius 3 is 2.38 bits per heavy atom. The Hall–Kier alpha value is -2.13. The van der Waals surface area contributed by atoms with E-state index in [1.165, 1.54) is 19.2 Å². The SMILES string of the molecule is COc1ccc(S(N)(=O)=O)cc1C(=O)OCC(=O)N1[C@H](C)CCC[C@@H]1C. The van der Waals surface area contributed by atoms with E-state index in [0.29, 0.717) is 0 Å². The maximum atomic E-state index is 12.4. The average molecular weight is 384 g/mol. The van der Waals surface area contributed by atoms with Crippen molar-refractivity contribution in [3.8, 4) is 5.75 Å². The number of amides is 1. The molecule has 144 valence electrons. The summed E-state index contributed by atoms with van der Waals surface area (Å²) in [6.45, 7) is 3.51. The molecule has 1 saturated heterocycles. The molecule has 8 nitrogen and oxygen atoms in total. The van der Waals surface area contributed by atoms with Crippen LogP contribution < -0.4 is 9.88 Å². The van der Waals surface area contributed by atoms with Crippen molar-refractivity contribution in [1.82, 2.24) is 4.90 Å². The second-order valence-electron chi connectivity index (χ2n) is 6.41. The van der Waals surface area contributed by atoms with Gasteiger partial charge >= 0.3 is 5.97 Å². The molecule has 0 spiro atoms. The molecule has 2 atom stereocenters. The summed E-state index contributed by atoms with van der Waals surface area (Å²) in [6.07, 6.45) is 2.88. The first-order chi connectivity index (χ1) is 12.1. The van der Waals surface area contributed by atoms with Crippen LogP contribution in [0.4, 0.5) is 0 Å². The maximum Gasteiger partial charge on any atom is 0.342 e. The first kappa shape index (κ1) is 20.2. The summed E-state index contributed by atoms with van der Waals surface area (Å²) in [6, 6.07) is 3.79. The molecule has 1 fully saturated rings. The first-order valence-corrected chi connectivity index (χ1v) is 9.89. The second-order valence-corrected chi connectivity index (χ2v) is 7.97. The lowest BCUT2D eigenvalue weighted by Crippen LogP contribution is -2.49. The standard InChI is InChI=1S/C17H24N2O6S/c1-11-5-4-6-12(2)19(11)16(20)10-25-17(21)14-9-13(26(18,22)23)7-8-15(14)24-3/h7-9,11-12H,4-6,10H2,1-3H3,(H2,18,22,23)/t11-,12+. The fourth-order valence-electron chi connectivity index (χ4n) is 3.22. The number of hydrogen-bond acceptors (Lipinski definition) is 6. The van der Waals surface area contributed by atoms with Crippen LogP contribution in [-0.4, -0.2) is 51.0 Å². The zero-order chi connectivity index (χ0) is 19.5. The number of primary sulfonamides is 1. The highest BCUT2D eigenvalue weighted by Crippen LogP contribution is 2.24. The van der Waals surface area contributed by atoms with Crippen molar-refractivity contribution < 1.29 is 27.5 Å². The average Bonchev–Trinajstić information content (AvgIpc) is 2.58. The number of rotatable bonds is 5. The van der Waals surface area contributed by atoms with Gasteiger partial charge in [0.2, 0.25) is 10.0 Å². The molecule has 2 N–H and O–H groups in total. The lowest BCUT2D eigenvalue weighted by molar-refractivity contribution is -0.140. The Morgan fingerprint density at radius 2 is 1.85 bits per heavy atom. The van der Waals surface area contributed by atoms with Crippen molar-refractivity contribution in [1.29, 1.82) is 0 Å². The Kier molecular flexibility index (Phi) is 6.25. The zero-order valence-corrected chi connectivity index (χ0v) is 15.9. The number of nitrogens with two attached hydrogens (primary N) is 1. The van der Waals surface area contributed by atoms with Gasteiger partial charge in [0.25, 0.3) is 5.91 Å². The predicted octanol–water partition coefficient (Wildman–Crippen LogP) is 1.29. The number of hydrogen-bond donors (Lipinski definition) is 1. The smallest absolute Gasteiger partial charge is 0.342 e. The van der Waals surface area contributed by atoms with Gasteiger partial charge in [0.1, 0.15) is 11.3 Å². The van der Waals surface area contributed by atoms with Gasteiger partial charge in [-0.15, -0.1) is 0 Å². The van der Waals surface area contributed by atoms with E-state index in [1.54, 1.807) is 4.90 Å². The quantitative estimate of drug-likeness (QED) is 0.765. The Labute approximate surface area is 153 Å². The van der Waals surface area contributed by atoms with E-state index in [9.17, 15) is 18.0 Å². The summed E-state index contributed by atoms with van der Waals surface area (Å²) in [5.74, 6) is -0.993. The molecule has 1 aliphatic rings. The third-order valence-corrected chi connectivity index (χ3v) is 5.44. The van der Waals surface area contributed by atoms with Crippen LogP contribution in [0.5, 0.6) is 5.75 Å². The molecule has 1 aromatic rings. The summed E-state index contributed by atoms with van der Waals surface area (Å²) >= 11 is 0. The largest absolute Gasteiger partial charge is 0.496 e. The van der Waals surface area contributed by atoms with E-state index in [2.05, 4.69) is 0 Å². The first-order valence-electron chi connectivity index (χ1n) is 8.34. The number of likely N-dealkylation sites (tertiary alicyclic amines) is 1. The fourth-order valence-corrected chi connectivity index (χ4v) is 3.76. The van der Waals surface area contributed by atoms with Gasteiger partial charge in [0, 0.05) is 12.1 Å². The van der Waals surface area contributed by atoms with Crippen molar-refractivity contribution in [2.75, 3.05) is 13.7 Å². The van der Waals surface area contributed by atoms with Gasteiger partial charge in [0.05, 0.1) is 12.0 Å². The molecule has 1 aromatic carbocycles. The lowest BCUT2D eigenvalue weighted by atomic mass is 9.97. The van der Waals surface area contributed by atoms with E-state index in [4.69, 9.17) is 14.6 Å². The van der Waals surface area contributed by atoms with E-state index in [1.807, 2.05) is 13.8 Å². The fraction of sp³-hybridized carbons (Fsp3) is 0.529. The number of methoxy groups -OCH3 is 1. The lowest BCUT2D eigenvalue weighted by Gasteiger charge is -2.38. The number of carbonyl (C=O) groups excluding carboxylic acids is 2. The Morgan fingerprint density at radius 1 is 1.23 bits per heavy atom. The van der Waals surface area contributed by atoms with Crippen molar-refractivity contribution in [3.63, 3.8) is 0 Å². The van der Waals surface area contributed by atoms with Gasteiger partial charge in [-0.25, -0.2) is 18.4 Å². The topological polar surface area (TPSA) is 116 Å². The molecule has 9 heteroatoms. The van der Waals surface area contributed by atoms with Crippen LogP contribution >= 0.6 is 0 Å². The van der Waals surface area contributed by atoms with Crippen LogP contribution in [0.25, 0.3) is 0 Å². The molecule has 0 unspecified atom stereocenters. The number of sulfonamides is 1. The van der Waals surface area contributed by atoms with Gasteiger partial charge in [-0.1, -0.05) is 0 Å². The highest BCUT2D eigenvalue weighted by atomic mass is 32.2. The number of piperidine rings is 1. The summed E-state index contributed by atoms with van der Waals surface area (Å²) in [5.41, 5.74) is -0.105. The van der Waals surface area contributed by atoms with Gasteiger partial charge in [-0.2, -0.15) is 0 Å². The van der Waals surface area contributed by atoms with Crippen molar-refractivity contribution in [3.05, 3.63) is 23.8 Å². The molecule has 1 amide bonds. The van der Waals surface area contributed by atoms with Crippen molar-refractivity contribution in [2.24, 2.45) is 5.14 Å². The molecule has 0 bridgehead atoms. The molecular formula is C17H24N2O6S. The summed E-state index contributed by atoms with van der Waals surface area (Å²) in [4.78, 5) is 26.3. The molecule has 0 radical (unpaired) electrons. The Balaban J connectivity index is 2.13. The van der Waals surface area contributed by atoms with Gasteiger partial charge < -0.3 is 14.4 Å². The molecule has 1 aliphatic heterocycles. The van der Waals surface area contributed by atoms with Crippen LogP contribution in [0.1, 0.15) is 43.5 Å². The monoisotopic (exact) mass is 384 g/mol. The molecular weight excluding hydrogens is 360 g/mol. The predicted molar refractivity (Wildman–Crippen MR) is 94.3 cm³/mol. The molecule has 0 aromatic heterocycles. The highest BCUT2D eigenvalue weighted by molar-refractivity contribution is 7.89. The normalized spacial score (nSPS) is 20.5. The van der Waals surface area contributed by atoms with Crippen molar-refractivity contribution in [2.45, 2.75) is 50.1 Å². The summed E-state index contributed by atoms with van der Waals surface area (Å²) in [5, 5.41) is 5.09. The second kappa shape index (κ2) is 8.05. The number of benzene rings is 1. The highest BCUT2D eigenvalue weighted by Gasteiger charge is 2.29. The Bertz CT molecular complexity index is 782. The van der Waals surface area contributed by atoms with E-state index in [0.717, 1.165) is 25.3 Å². The molecule has 1 heterocycles. The minimum Gasteiger partial charge on any atom is -0.496 e. The van der Waals surface area contributed by atoms with Gasteiger partial charge in [0.15, 0.2) is 6.61 Å². The van der Waals surface area contributed by atoms with Crippen LogP contribution in [0, 0.1) is 0 Å². The molecule has 0 aliphatic carbocycles. The number of esters is 1.